The molecule has 0 saturated carbocycles. The van der Waals surface area contributed by atoms with E-state index in [4.69, 9.17) is 4.74 Å². The Hall–Kier alpha value is -3.02. The predicted octanol–water partition coefficient (Wildman–Crippen LogP) is 2.92. The lowest BCUT2D eigenvalue weighted by Gasteiger charge is -2.19. The van der Waals surface area contributed by atoms with E-state index in [9.17, 15) is 9.59 Å². The van der Waals surface area contributed by atoms with Gasteiger partial charge in [0.15, 0.2) is 0 Å². The number of benzene rings is 2. The van der Waals surface area contributed by atoms with E-state index in [2.05, 4.69) is 4.74 Å². The average molecular weight is 340 g/mol. The molecule has 0 aliphatic carbocycles. The van der Waals surface area contributed by atoms with Gasteiger partial charge in [-0.1, -0.05) is 12.1 Å². The lowest BCUT2D eigenvalue weighted by molar-refractivity contribution is 0.0600. The first-order valence-corrected chi connectivity index (χ1v) is 8.00. The molecular formula is C19H20N2O4. The van der Waals surface area contributed by atoms with Crippen molar-refractivity contribution in [3.8, 4) is 5.75 Å². The molecule has 1 heterocycles. The molecule has 2 aromatic carbocycles. The molecule has 3 rings (SSSR count). The van der Waals surface area contributed by atoms with Crippen molar-refractivity contribution in [2.24, 2.45) is 0 Å². The molecule has 1 aliphatic rings. The Morgan fingerprint density at radius 1 is 1.00 bits per heavy atom. The van der Waals surface area contributed by atoms with Gasteiger partial charge in [-0.2, -0.15) is 0 Å². The average Bonchev–Trinajstić information content (AvgIpc) is 3.02. The first-order valence-electron chi connectivity index (χ1n) is 8.00. The van der Waals surface area contributed by atoms with E-state index in [1.54, 1.807) is 29.0 Å². The second-order valence-corrected chi connectivity index (χ2v) is 5.74. The monoisotopic (exact) mass is 340 g/mol. The second kappa shape index (κ2) is 7.25. The standard InChI is InChI=1S/C19H20N2O4/c1-24-17-9-7-16(8-10-17)21-12-11-20(19(21)23)13-14-3-5-15(6-4-14)18(22)25-2/h3-10H,11-13H2,1-2H3. The number of amides is 2. The highest BCUT2D eigenvalue weighted by molar-refractivity contribution is 5.94. The zero-order valence-electron chi connectivity index (χ0n) is 14.3. The van der Waals surface area contributed by atoms with Crippen LogP contribution in [0.2, 0.25) is 0 Å². The Morgan fingerprint density at radius 2 is 1.68 bits per heavy atom. The highest BCUT2D eigenvalue weighted by atomic mass is 16.5. The van der Waals surface area contributed by atoms with Crippen molar-refractivity contribution in [2.45, 2.75) is 6.54 Å². The summed E-state index contributed by atoms with van der Waals surface area (Å²) in [5.74, 6) is 0.396. The molecule has 0 spiro atoms. The highest BCUT2D eigenvalue weighted by Crippen LogP contribution is 2.24. The van der Waals surface area contributed by atoms with E-state index >= 15 is 0 Å². The number of rotatable bonds is 5. The summed E-state index contributed by atoms with van der Waals surface area (Å²) in [5.41, 5.74) is 2.32. The lowest BCUT2D eigenvalue weighted by atomic mass is 10.1. The van der Waals surface area contributed by atoms with Gasteiger partial charge >= 0.3 is 12.0 Å². The van der Waals surface area contributed by atoms with Crippen LogP contribution in [0.1, 0.15) is 15.9 Å². The maximum Gasteiger partial charge on any atom is 0.337 e. The van der Waals surface area contributed by atoms with Crippen LogP contribution in [0.25, 0.3) is 0 Å². The first kappa shape index (κ1) is 16.8. The quantitative estimate of drug-likeness (QED) is 0.785. The topological polar surface area (TPSA) is 59.1 Å². The van der Waals surface area contributed by atoms with Crippen molar-refractivity contribution < 1.29 is 19.1 Å². The molecule has 2 aromatic rings. The highest BCUT2D eigenvalue weighted by Gasteiger charge is 2.29. The molecule has 0 radical (unpaired) electrons. The molecule has 130 valence electrons. The van der Waals surface area contributed by atoms with Crippen LogP contribution in [-0.2, 0) is 11.3 Å². The Bertz CT molecular complexity index is 756. The molecule has 1 saturated heterocycles. The molecule has 2 amide bonds. The van der Waals surface area contributed by atoms with Gasteiger partial charge in [0, 0.05) is 25.3 Å². The van der Waals surface area contributed by atoms with Crippen LogP contribution < -0.4 is 9.64 Å². The summed E-state index contributed by atoms with van der Waals surface area (Å²) >= 11 is 0. The van der Waals surface area contributed by atoms with Crippen LogP contribution in [0, 0.1) is 0 Å². The maximum absolute atomic E-state index is 12.6. The van der Waals surface area contributed by atoms with Crippen molar-refractivity contribution in [3.05, 3.63) is 59.7 Å². The fourth-order valence-electron chi connectivity index (χ4n) is 2.82. The number of anilines is 1. The lowest BCUT2D eigenvalue weighted by Crippen LogP contribution is -2.31. The van der Waals surface area contributed by atoms with E-state index in [0.717, 1.165) is 17.0 Å². The Morgan fingerprint density at radius 3 is 2.28 bits per heavy atom. The van der Waals surface area contributed by atoms with Crippen molar-refractivity contribution >= 4 is 17.7 Å². The van der Waals surface area contributed by atoms with E-state index in [1.165, 1.54) is 7.11 Å². The number of hydrogen-bond acceptors (Lipinski definition) is 4. The Kier molecular flexibility index (Phi) is 4.88. The number of carbonyl (C=O) groups excluding carboxylic acids is 2. The minimum Gasteiger partial charge on any atom is -0.497 e. The van der Waals surface area contributed by atoms with Crippen LogP contribution >= 0.6 is 0 Å². The summed E-state index contributed by atoms with van der Waals surface area (Å²) in [6.07, 6.45) is 0. The van der Waals surface area contributed by atoms with Crippen LogP contribution in [0.5, 0.6) is 5.75 Å². The zero-order chi connectivity index (χ0) is 17.8. The van der Waals surface area contributed by atoms with Crippen molar-refractivity contribution in [2.75, 3.05) is 32.2 Å². The van der Waals surface area contributed by atoms with Gasteiger partial charge in [-0.3, -0.25) is 4.90 Å². The van der Waals surface area contributed by atoms with Gasteiger partial charge in [0.25, 0.3) is 0 Å². The fourth-order valence-corrected chi connectivity index (χ4v) is 2.82. The summed E-state index contributed by atoms with van der Waals surface area (Å²) in [7, 11) is 2.97. The number of urea groups is 1. The molecular weight excluding hydrogens is 320 g/mol. The number of esters is 1. The minimum atomic E-state index is -0.366. The summed E-state index contributed by atoms with van der Waals surface area (Å²) < 4.78 is 9.83. The van der Waals surface area contributed by atoms with Crippen LogP contribution in [-0.4, -0.2) is 44.2 Å². The van der Waals surface area contributed by atoms with Crippen molar-refractivity contribution in [1.29, 1.82) is 0 Å². The maximum atomic E-state index is 12.6. The first-order chi connectivity index (χ1) is 12.1. The Balaban J connectivity index is 1.66. The van der Waals surface area contributed by atoms with Gasteiger partial charge in [0.1, 0.15) is 5.75 Å². The molecule has 1 fully saturated rings. The number of methoxy groups -OCH3 is 2. The predicted molar refractivity (Wildman–Crippen MR) is 93.9 cm³/mol. The molecule has 25 heavy (non-hydrogen) atoms. The molecule has 0 aromatic heterocycles. The minimum absolute atomic E-state index is 0.0257. The van der Waals surface area contributed by atoms with Gasteiger partial charge in [-0.05, 0) is 42.0 Å². The van der Waals surface area contributed by atoms with E-state index in [0.29, 0.717) is 25.2 Å². The van der Waals surface area contributed by atoms with Gasteiger partial charge in [0.2, 0.25) is 0 Å². The molecule has 6 nitrogen and oxygen atoms in total. The molecule has 0 N–H and O–H groups in total. The van der Waals surface area contributed by atoms with Crippen molar-refractivity contribution in [1.82, 2.24) is 4.90 Å². The van der Waals surface area contributed by atoms with Gasteiger partial charge in [0.05, 0.1) is 19.8 Å². The third-order valence-electron chi connectivity index (χ3n) is 4.23. The summed E-state index contributed by atoms with van der Waals surface area (Å²) in [5, 5.41) is 0. The summed E-state index contributed by atoms with van der Waals surface area (Å²) in [6.45, 7) is 1.81. The summed E-state index contributed by atoms with van der Waals surface area (Å²) in [6, 6.07) is 14.5. The molecule has 0 atom stereocenters. The van der Waals surface area contributed by atoms with Crippen LogP contribution in [0.15, 0.2) is 48.5 Å². The SMILES string of the molecule is COC(=O)c1ccc(CN2CCN(c3ccc(OC)cc3)C2=O)cc1. The van der Waals surface area contributed by atoms with E-state index < -0.39 is 0 Å². The van der Waals surface area contributed by atoms with Crippen LogP contribution in [0.3, 0.4) is 0 Å². The van der Waals surface area contributed by atoms with E-state index in [1.807, 2.05) is 36.4 Å². The van der Waals surface area contributed by atoms with E-state index in [-0.39, 0.29) is 12.0 Å². The van der Waals surface area contributed by atoms with Crippen molar-refractivity contribution in [3.63, 3.8) is 0 Å². The summed E-state index contributed by atoms with van der Waals surface area (Å²) in [4.78, 5) is 27.6. The normalized spacial score (nSPS) is 13.9. The Labute approximate surface area is 146 Å². The third-order valence-corrected chi connectivity index (χ3v) is 4.23. The molecule has 0 unspecified atom stereocenters. The van der Waals surface area contributed by atoms with Gasteiger partial charge in [-0.15, -0.1) is 0 Å². The molecule has 6 heteroatoms. The fraction of sp³-hybridized carbons (Fsp3) is 0.263. The molecule has 0 bridgehead atoms. The number of nitrogens with zero attached hydrogens (tertiary/aromatic N) is 2. The third kappa shape index (κ3) is 3.57. The smallest absolute Gasteiger partial charge is 0.337 e. The molecule has 1 aliphatic heterocycles. The van der Waals surface area contributed by atoms with Crippen LogP contribution in [0.4, 0.5) is 10.5 Å². The van der Waals surface area contributed by atoms with Gasteiger partial charge < -0.3 is 14.4 Å². The zero-order valence-corrected chi connectivity index (χ0v) is 14.3. The number of carbonyl (C=O) groups is 2. The van der Waals surface area contributed by atoms with Gasteiger partial charge in [-0.25, -0.2) is 9.59 Å². The number of ether oxygens (including phenoxy) is 2. The second-order valence-electron chi connectivity index (χ2n) is 5.74. The largest absolute Gasteiger partial charge is 0.497 e. The number of hydrogen-bond donors (Lipinski definition) is 0.